The third kappa shape index (κ3) is 1.28. The molecule has 3 nitrogen and oxygen atoms in total. The van der Waals surface area contributed by atoms with Crippen molar-refractivity contribution in [2.24, 2.45) is 0 Å². The normalized spacial score (nSPS) is 19.7. The predicted octanol–water partition coefficient (Wildman–Crippen LogP) is 2.16. The summed E-state index contributed by atoms with van der Waals surface area (Å²) < 4.78 is 5.68. The van der Waals surface area contributed by atoms with Crippen LogP contribution in [0.3, 0.4) is 0 Å². The van der Waals surface area contributed by atoms with E-state index in [2.05, 4.69) is 0 Å². The molecule has 1 aromatic carbocycles. The molecule has 82 valence electrons. The molecule has 0 unspecified atom stereocenters. The van der Waals surface area contributed by atoms with E-state index in [-0.39, 0.29) is 5.43 Å². The summed E-state index contributed by atoms with van der Waals surface area (Å²) in [6.07, 6.45) is 1.60. The van der Waals surface area contributed by atoms with Gasteiger partial charge in [-0.15, -0.1) is 0 Å². The maximum atomic E-state index is 12.2. The van der Waals surface area contributed by atoms with Crippen molar-refractivity contribution in [1.29, 1.82) is 0 Å². The molecular formula is C13H12O3. The summed E-state index contributed by atoms with van der Waals surface area (Å²) in [5.74, 6) is 0.655. The molecule has 1 N–H and O–H groups in total. The molecule has 0 saturated heterocycles. The van der Waals surface area contributed by atoms with Gasteiger partial charge in [-0.2, -0.15) is 0 Å². The topological polar surface area (TPSA) is 50.4 Å². The molecule has 0 fully saturated rings. The minimum atomic E-state index is -0.662. The van der Waals surface area contributed by atoms with Gasteiger partial charge in [-0.25, -0.2) is 0 Å². The minimum Gasteiger partial charge on any atom is -0.460 e. The van der Waals surface area contributed by atoms with E-state index in [0.717, 1.165) is 12.8 Å². The van der Waals surface area contributed by atoms with Crippen molar-refractivity contribution in [3.05, 3.63) is 45.8 Å². The Kier molecular flexibility index (Phi) is 2.07. The average Bonchev–Trinajstić information content (AvgIpc) is 2.29. The Hall–Kier alpha value is -1.61. The van der Waals surface area contributed by atoms with Crippen LogP contribution in [0.4, 0.5) is 0 Å². The summed E-state index contributed by atoms with van der Waals surface area (Å²) in [4.78, 5) is 12.2. The van der Waals surface area contributed by atoms with Crippen molar-refractivity contribution < 1.29 is 9.52 Å². The van der Waals surface area contributed by atoms with E-state index in [1.54, 1.807) is 18.2 Å². The predicted molar refractivity (Wildman–Crippen MR) is 60.4 cm³/mol. The van der Waals surface area contributed by atoms with Gasteiger partial charge in [0, 0.05) is 6.42 Å². The van der Waals surface area contributed by atoms with Crippen LogP contribution in [0, 0.1) is 0 Å². The zero-order valence-corrected chi connectivity index (χ0v) is 8.77. The lowest BCUT2D eigenvalue weighted by Crippen LogP contribution is -2.20. The highest BCUT2D eigenvalue weighted by Crippen LogP contribution is 2.29. The fourth-order valence-corrected chi connectivity index (χ4v) is 2.33. The Morgan fingerprint density at radius 1 is 1.31 bits per heavy atom. The van der Waals surface area contributed by atoms with Crippen LogP contribution >= 0.6 is 0 Å². The van der Waals surface area contributed by atoms with Gasteiger partial charge in [0.05, 0.1) is 17.1 Å². The average molecular weight is 216 g/mol. The Morgan fingerprint density at radius 2 is 2.12 bits per heavy atom. The molecule has 3 heteroatoms. The lowest BCUT2D eigenvalue weighted by Gasteiger charge is -2.19. The van der Waals surface area contributed by atoms with Gasteiger partial charge in [0.1, 0.15) is 11.3 Å². The molecule has 0 spiro atoms. The fraction of sp³-hybridized carbons (Fsp3) is 0.308. The van der Waals surface area contributed by atoms with Gasteiger partial charge in [-0.05, 0) is 25.0 Å². The zero-order valence-electron chi connectivity index (χ0n) is 8.77. The number of hydrogen-bond donors (Lipinski definition) is 1. The van der Waals surface area contributed by atoms with Crippen LogP contribution in [0.5, 0.6) is 0 Å². The summed E-state index contributed by atoms with van der Waals surface area (Å²) in [5, 5.41) is 10.4. The second-order valence-electron chi connectivity index (χ2n) is 4.17. The molecule has 1 heterocycles. The first-order valence-corrected chi connectivity index (χ1v) is 5.50. The number of aryl methyl sites for hydroxylation is 1. The molecule has 0 radical (unpaired) electrons. The number of rotatable bonds is 0. The summed E-state index contributed by atoms with van der Waals surface area (Å²) in [6.45, 7) is 0. The summed E-state index contributed by atoms with van der Waals surface area (Å²) in [5.41, 5.74) is 0.995. The third-order valence-corrected chi connectivity index (χ3v) is 3.12. The van der Waals surface area contributed by atoms with Crippen molar-refractivity contribution in [3.8, 4) is 0 Å². The van der Waals surface area contributed by atoms with E-state index < -0.39 is 6.10 Å². The van der Waals surface area contributed by atoms with Gasteiger partial charge in [0.25, 0.3) is 0 Å². The molecule has 1 atom stereocenters. The molecule has 1 aliphatic rings. The number of aliphatic hydroxyl groups excluding tert-OH is 1. The van der Waals surface area contributed by atoms with Gasteiger partial charge < -0.3 is 9.52 Å². The molecule has 0 bridgehead atoms. The summed E-state index contributed by atoms with van der Waals surface area (Å²) >= 11 is 0. The highest BCUT2D eigenvalue weighted by Gasteiger charge is 2.24. The van der Waals surface area contributed by atoms with E-state index in [9.17, 15) is 9.90 Å². The quantitative estimate of drug-likeness (QED) is 0.734. The first kappa shape index (κ1) is 9.60. The van der Waals surface area contributed by atoms with E-state index in [1.165, 1.54) is 0 Å². The van der Waals surface area contributed by atoms with Crippen molar-refractivity contribution in [1.82, 2.24) is 0 Å². The van der Waals surface area contributed by atoms with Crippen molar-refractivity contribution in [2.75, 3.05) is 0 Å². The largest absolute Gasteiger partial charge is 0.460 e. The van der Waals surface area contributed by atoms with Gasteiger partial charge in [0.15, 0.2) is 5.43 Å². The van der Waals surface area contributed by atoms with E-state index >= 15 is 0 Å². The first-order valence-electron chi connectivity index (χ1n) is 5.50. The Balaban J connectivity index is 2.41. The zero-order chi connectivity index (χ0) is 11.1. The van der Waals surface area contributed by atoms with Gasteiger partial charge >= 0.3 is 0 Å². The number of para-hydroxylation sites is 1. The number of aliphatic hydroxyl groups is 1. The Bertz CT molecular complexity index is 598. The third-order valence-electron chi connectivity index (χ3n) is 3.12. The Labute approximate surface area is 92.3 Å². The number of benzene rings is 1. The van der Waals surface area contributed by atoms with Gasteiger partial charge in [0.2, 0.25) is 0 Å². The lowest BCUT2D eigenvalue weighted by molar-refractivity contribution is 0.149. The lowest BCUT2D eigenvalue weighted by atomic mass is 9.93. The molecule has 0 saturated carbocycles. The molecular weight excluding hydrogens is 204 g/mol. The highest BCUT2D eigenvalue weighted by molar-refractivity contribution is 5.77. The van der Waals surface area contributed by atoms with Crippen LogP contribution in [-0.4, -0.2) is 5.11 Å². The molecule has 2 aromatic rings. The van der Waals surface area contributed by atoms with Crippen LogP contribution in [0.1, 0.15) is 30.3 Å². The maximum Gasteiger partial charge on any atom is 0.198 e. The molecule has 16 heavy (non-hydrogen) atoms. The number of hydrogen-bond acceptors (Lipinski definition) is 3. The Morgan fingerprint density at radius 3 is 3.00 bits per heavy atom. The van der Waals surface area contributed by atoms with Crippen LogP contribution < -0.4 is 5.43 Å². The smallest absolute Gasteiger partial charge is 0.198 e. The van der Waals surface area contributed by atoms with Crippen molar-refractivity contribution in [3.63, 3.8) is 0 Å². The standard InChI is InChI=1S/C13H12O3/c14-9-5-3-7-11-12(9)13(15)8-4-1-2-6-10(8)16-11/h1-2,4,6,9,14H,3,5,7H2/t9-/m1/s1. The molecule has 0 aliphatic heterocycles. The molecule has 0 amide bonds. The highest BCUT2D eigenvalue weighted by atomic mass is 16.3. The van der Waals surface area contributed by atoms with Crippen LogP contribution in [0.15, 0.2) is 33.5 Å². The van der Waals surface area contributed by atoms with Gasteiger partial charge in [-0.3, -0.25) is 4.79 Å². The van der Waals surface area contributed by atoms with Crippen LogP contribution in [0.2, 0.25) is 0 Å². The second-order valence-corrected chi connectivity index (χ2v) is 4.17. The van der Waals surface area contributed by atoms with Crippen LogP contribution in [-0.2, 0) is 6.42 Å². The summed E-state index contributed by atoms with van der Waals surface area (Å²) in [6, 6.07) is 7.18. The SMILES string of the molecule is O=c1c2c(oc3ccccc13)CCC[C@H]2O. The minimum absolute atomic E-state index is 0.0796. The number of fused-ring (bicyclic) bond motifs is 2. The van der Waals surface area contributed by atoms with Crippen molar-refractivity contribution >= 4 is 11.0 Å². The molecule has 1 aliphatic carbocycles. The van der Waals surface area contributed by atoms with E-state index in [4.69, 9.17) is 4.42 Å². The first-order chi connectivity index (χ1) is 7.77. The molecule has 1 aromatic heterocycles. The maximum absolute atomic E-state index is 12.2. The second kappa shape index (κ2) is 3.46. The summed E-state index contributed by atoms with van der Waals surface area (Å²) in [7, 11) is 0. The van der Waals surface area contributed by atoms with Gasteiger partial charge in [-0.1, -0.05) is 12.1 Å². The van der Waals surface area contributed by atoms with Crippen LogP contribution in [0.25, 0.3) is 11.0 Å². The van der Waals surface area contributed by atoms with E-state index in [0.29, 0.717) is 28.7 Å². The molecule has 3 rings (SSSR count). The van der Waals surface area contributed by atoms with Crippen molar-refractivity contribution in [2.45, 2.75) is 25.4 Å². The monoisotopic (exact) mass is 216 g/mol. The van der Waals surface area contributed by atoms with E-state index in [1.807, 2.05) is 6.07 Å². The fourth-order valence-electron chi connectivity index (χ4n) is 2.33.